The minimum atomic E-state index is -0.885. The van der Waals surface area contributed by atoms with Crippen molar-refractivity contribution < 1.29 is 18.6 Å². The standard InChI is InChI=1S/C16H17F2NO2/c1-11-6-7-13(17)15(8-11)19-9-12(20)10-21-16-5-3-2-4-14(16)18/h2-8,12,19-20H,9-10H2,1H3. The summed E-state index contributed by atoms with van der Waals surface area (Å²) in [5, 5.41) is 12.6. The van der Waals surface area contributed by atoms with Crippen LogP contribution in [-0.2, 0) is 0 Å². The highest BCUT2D eigenvalue weighted by Crippen LogP contribution is 2.17. The molecule has 1 atom stereocenters. The summed E-state index contributed by atoms with van der Waals surface area (Å²) >= 11 is 0. The summed E-state index contributed by atoms with van der Waals surface area (Å²) in [6.07, 6.45) is -0.885. The summed E-state index contributed by atoms with van der Waals surface area (Å²) in [5.74, 6) is -0.788. The third-order valence-corrected chi connectivity index (χ3v) is 2.92. The molecule has 0 aliphatic rings. The van der Waals surface area contributed by atoms with Gasteiger partial charge in [0.05, 0.1) is 5.69 Å². The van der Waals surface area contributed by atoms with Gasteiger partial charge in [-0.1, -0.05) is 18.2 Å². The van der Waals surface area contributed by atoms with Crippen molar-refractivity contribution in [2.24, 2.45) is 0 Å². The minimum Gasteiger partial charge on any atom is -0.488 e. The van der Waals surface area contributed by atoms with Crippen molar-refractivity contribution in [2.75, 3.05) is 18.5 Å². The predicted molar refractivity (Wildman–Crippen MR) is 77.5 cm³/mol. The normalized spacial score (nSPS) is 12.0. The lowest BCUT2D eigenvalue weighted by molar-refractivity contribution is 0.115. The maximum atomic E-state index is 13.5. The Balaban J connectivity index is 1.84. The molecule has 0 aliphatic carbocycles. The Morgan fingerprint density at radius 1 is 1.14 bits per heavy atom. The van der Waals surface area contributed by atoms with Gasteiger partial charge in [0, 0.05) is 6.54 Å². The molecule has 1 unspecified atom stereocenters. The lowest BCUT2D eigenvalue weighted by atomic mass is 10.2. The number of rotatable bonds is 6. The summed E-state index contributed by atoms with van der Waals surface area (Å²) in [4.78, 5) is 0. The van der Waals surface area contributed by atoms with E-state index in [0.717, 1.165) is 5.56 Å². The zero-order chi connectivity index (χ0) is 15.2. The third kappa shape index (κ3) is 4.43. The van der Waals surface area contributed by atoms with Gasteiger partial charge in [-0.05, 0) is 36.8 Å². The first-order valence-electron chi connectivity index (χ1n) is 6.61. The zero-order valence-electron chi connectivity index (χ0n) is 11.6. The van der Waals surface area contributed by atoms with Gasteiger partial charge in [0.15, 0.2) is 11.6 Å². The number of nitrogens with one attached hydrogen (secondary N) is 1. The molecule has 2 rings (SSSR count). The van der Waals surface area contributed by atoms with Crippen molar-refractivity contribution in [3.63, 3.8) is 0 Å². The highest BCUT2D eigenvalue weighted by atomic mass is 19.1. The molecular weight excluding hydrogens is 276 g/mol. The summed E-state index contributed by atoms with van der Waals surface area (Å²) in [6, 6.07) is 10.6. The Morgan fingerprint density at radius 2 is 1.90 bits per heavy atom. The second kappa shape index (κ2) is 7.04. The number of benzene rings is 2. The Labute approximate surface area is 122 Å². The highest BCUT2D eigenvalue weighted by molar-refractivity contribution is 5.47. The number of aryl methyl sites for hydroxylation is 1. The molecular formula is C16H17F2NO2. The van der Waals surface area contributed by atoms with Crippen LogP contribution in [0.2, 0.25) is 0 Å². The molecule has 3 nitrogen and oxygen atoms in total. The van der Waals surface area contributed by atoms with Gasteiger partial charge in [-0.25, -0.2) is 8.78 Å². The summed E-state index contributed by atoms with van der Waals surface area (Å²) in [5.41, 5.74) is 1.23. The molecule has 112 valence electrons. The van der Waals surface area contributed by atoms with Crippen molar-refractivity contribution >= 4 is 5.69 Å². The molecule has 0 amide bonds. The van der Waals surface area contributed by atoms with Gasteiger partial charge in [-0.3, -0.25) is 0 Å². The van der Waals surface area contributed by atoms with Crippen molar-refractivity contribution in [3.05, 3.63) is 59.7 Å². The van der Waals surface area contributed by atoms with Crippen LogP contribution in [0.1, 0.15) is 5.56 Å². The quantitative estimate of drug-likeness (QED) is 0.860. The minimum absolute atomic E-state index is 0.0817. The fourth-order valence-corrected chi connectivity index (χ4v) is 1.81. The van der Waals surface area contributed by atoms with Gasteiger partial charge >= 0.3 is 0 Å². The van der Waals surface area contributed by atoms with Crippen LogP contribution in [0.15, 0.2) is 42.5 Å². The lowest BCUT2D eigenvalue weighted by Gasteiger charge is -2.15. The van der Waals surface area contributed by atoms with E-state index in [2.05, 4.69) is 5.32 Å². The molecule has 0 radical (unpaired) electrons. The second-order valence-electron chi connectivity index (χ2n) is 4.76. The molecule has 2 N–H and O–H groups in total. The molecule has 2 aromatic rings. The van der Waals surface area contributed by atoms with Crippen LogP contribution >= 0.6 is 0 Å². The van der Waals surface area contributed by atoms with E-state index in [9.17, 15) is 13.9 Å². The van der Waals surface area contributed by atoms with Crippen LogP contribution in [-0.4, -0.2) is 24.4 Å². The van der Waals surface area contributed by atoms with Gasteiger partial charge in [-0.2, -0.15) is 0 Å². The third-order valence-electron chi connectivity index (χ3n) is 2.92. The fourth-order valence-electron chi connectivity index (χ4n) is 1.81. The molecule has 5 heteroatoms. The van der Waals surface area contributed by atoms with Crippen LogP contribution in [0.25, 0.3) is 0 Å². The number of aliphatic hydroxyl groups is 1. The monoisotopic (exact) mass is 293 g/mol. The van der Waals surface area contributed by atoms with Crippen LogP contribution in [0, 0.1) is 18.6 Å². The van der Waals surface area contributed by atoms with Crippen LogP contribution in [0.3, 0.4) is 0 Å². The van der Waals surface area contributed by atoms with Crippen molar-refractivity contribution in [1.29, 1.82) is 0 Å². The number of halogens is 2. The second-order valence-corrected chi connectivity index (χ2v) is 4.76. The maximum absolute atomic E-state index is 13.5. The average Bonchev–Trinajstić information content (AvgIpc) is 2.47. The molecule has 0 saturated carbocycles. The van der Waals surface area contributed by atoms with Gasteiger partial charge < -0.3 is 15.2 Å². The number of aliphatic hydroxyl groups excluding tert-OH is 1. The smallest absolute Gasteiger partial charge is 0.165 e. The topological polar surface area (TPSA) is 41.5 Å². The Hall–Kier alpha value is -2.14. The SMILES string of the molecule is Cc1ccc(F)c(NCC(O)COc2ccccc2F)c1. The molecule has 0 fully saturated rings. The van der Waals surface area contributed by atoms with E-state index in [-0.39, 0.29) is 24.7 Å². The number of hydrogen-bond donors (Lipinski definition) is 2. The van der Waals surface area contributed by atoms with E-state index in [0.29, 0.717) is 5.69 Å². The number of hydrogen-bond acceptors (Lipinski definition) is 3. The molecule has 0 aromatic heterocycles. The molecule has 0 bridgehead atoms. The zero-order valence-corrected chi connectivity index (χ0v) is 11.6. The summed E-state index contributed by atoms with van der Waals surface area (Å²) in [7, 11) is 0. The molecule has 2 aromatic carbocycles. The van der Waals surface area contributed by atoms with Crippen LogP contribution in [0.5, 0.6) is 5.75 Å². The average molecular weight is 293 g/mol. The molecule has 0 saturated heterocycles. The first kappa shape index (κ1) is 15.3. The summed E-state index contributed by atoms with van der Waals surface area (Å²) in [6.45, 7) is 1.87. The lowest BCUT2D eigenvalue weighted by Crippen LogP contribution is -2.26. The van der Waals surface area contributed by atoms with Gasteiger partial charge in [0.25, 0.3) is 0 Å². The fraction of sp³-hybridized carbons (Fsp3) is 0.250. The van der Waals surface area contributed by atoms with Crippen molar-refractivity contribution in [2.45, 2.75) is 13.0 Å². The Bertz CT molecular complexity index is 605. The van der Waals surface area contributed by atoms with Gasteiger partial charge in [0.2, 0.25) is 0 Å². The highest BCUT2D eigenvalue weighted by Gasteiger charge is 2.09. The van der Waals surface area contributed by atoms with E-state index in [1.165, 1.54) is 18.2 Å². The number of anilines is 1. The molecule has 0 aliphatic heterocycles. The Kier molecular flexibility index (Phi) is 5.11. The van der Waals surface area contributed by atoms with E-state index < -0.39 is 11.9 Å². The van der Waals surface area contributed by atoms with Gasteiger partial charge in [-0.15, -0.1) is 0 Å². The molecule has 0 heterocycles. The van der Waals surface area contributed by atoms with E-state index in [4.69, 9.17) is 4.74 Å². The predicted octanol–water partition coefficient (Wildman–Crippen LogP) is 3.13. The first-order valence-corrected chi connectivity index (χ1v) is 6.61. The van der Waals surface area contributed by atoms with E-state index in [1.54, 1.807) is 24.3 Å². The molecule has 0 spiro atoms. The first-order chi connectivity index (χ1) is 10.1. The maximum Gasteiger partial charge on any atom is 0.165 e. The largest absolute Gasteiger partial charge is 0.488 e. The summed E-state index contributed by atoms with van der Waals surface area (Å²) < 4.78 is 32.0. The van der Waals surface area contributed by atoms with Crippen LogP contribution < -0.4 is 10.1 Å². The molecule has 21 heavy (non-hydrogen) atoms. The van der Waals surface area contributed by atoms with Crippen LogP contribution in [0.4, 0.5) is 14.5 Å². The van der Waals surface area contributed by atoms with Crippen molar-refractivity contribution in [3.8, 4) is 5.75 Å². The Morgan fingerprint density at radius 3 is 2.67 bits per heavy atom. The van der Waals surface area contributed by atoms with E-state index in [1.807, 2.05) is 6.92 Å². The van der Waals surface area contributed by atoms with Crippen molar-refractivity contribution in [1.82, 2.24) is 0 Å². The van der Waals surface area contributed by atoms with E-state index >= 15 is 0 Å². The number of ether oxygens (including phenoxy) is 1. The number of para-hydroxylation sites is 1. The van der Waals surface area contributed by atoms with Gasteiger partial charge in [0.1, 0.15) is 18.5 Å².